The van der Waals surface area contributed by atoms with Crippen molar-refractivity contribution < 1.29 is 17.9 Å². The third-order valence-electron chi connectivity index (χ3n) is 2.85. The molecule has 0 aliphatic heterocycles. The average molecular weight is 351 g/mol. The molecule has 1 rings (SSSR count). The summed E-state index contributed by atoms with van der Waals surface area (Å²) >= 11 is 0. The maximum Gasteiger partial charge on any atom is 0.339 e. The minimum absolute atomic E-state index is 0. The average Bonchev–Trinajstić information content (AvgIpc) is 2.45. The van der Waals surface area contributed by atoms with Gasteiger partial charge in [0, 0.05) is 13.1 Å². The smallest absolute Gasteiger partial charge is 0.339 e. The lowest BCUT2D eigenvalue weighted by molar-refractivity contribution is 0.0596. The van der Waals surface area contributed by atoms with Gasteiger partial charge >= 0.3 is 5.97 Å². The molecule has 0 atom stereocenters. The van der Waals surface area contributed by atoms with Crippen molar-refractivity contribution >= 4 is 28.4 Å². The fourth-order valence-electron chi connectivity index (χ4n) is 1.80. The second kappa shape index (κ2) is 9.78. The number of sulfonamides is 1. The number of hydrogen-bond acceptors (Lipinski definition) is 5. The van der Waals surface area contributed by atoms with Crippen molar-refractivity contribution in [1.29, 1.82) is 0 Å². The van der Waals surface area contributed by atoms with Gasteiger partial charge in [-0.15, -0.1) is 12.4 Å². The van der Waals surface area contributed by atoms with E-state index in [1.807, 2.05) is 6.92 Å². The molecule has 0 saturated carbocycles. The summed E-state index contributed by atoms with van der Waals surface area (Å²) in [7, 11) is -2.52. The van der Waals surface area contributed by atoms with Gasteiger partial charge in [-0.1, -0.05) is 18.6 Å². The Morgan fingerprint density at radius 3 is 2.50 bits per heavy atom. The molecule has 0 unspecified atom stereocenters. The van der Waals surface area contributed by atoms with Crippen LogP contribution in [0, 0.1) is 6.92 Å². The van der Waals surface area contributed by atoms with E-state index >= 15 is 0 Å². The van der Waals surface area contributed by atoms with Crippen LogP contribution in [-0.2, 0) is 14.8 Å². The molecule has 0 aromatic heterocycles. The third kappa shape index (κ3) is 5.92. The molecule has 0 bridgehead atoms. The Hall–Kier alpha value is -1.15. The Kier molecular flexibility index (Phi) is 9.27. The van der Waals surface area contributed by atoms with E-state index < -0.39 is 16.0 Å². The highest BCUT2D eigenvalue weighted by atomic mass is 35.5. The minimum atomic E-state index is -3.74. The van der Waals surface area contributed by atoms with Crippen molar-refractivity contribution in [1.82, 2.24) is 10.0 Å². The van der Waals surface area contributed by atoms with Gasteiger partial charge in [0.25, 0.3) is 0 Å². The van der Waals surface area contributed by atoms with Crippen LogP contribution in [0.3, 0.4) is 0 Å². The Morgan fingerprint density at radius 1 is 1.23 bits per heavy atom. The monoisotopic (exact) mass is 350 g/mol. The van der Waals surface area contributed by atoms with Gasteiger partial charge in [0.05, 0.1) is 17.6 Å². The van der Waals surface area contributed by atoms with Crippen molar-refractivity contribution in [2.24, 2.45) is 0 Å². The van der Waals surface area contributed by atoms with Gasteiger partial charge in [-0.2, -0.15) is 0 Å². The molecule has 0 amide bonds. The van der Waals surface area contributed by atoms with Gasteiger partial charge in [0.1, 0.15) is 0 Å². The summed E-state index contributed by atoms with van der Waals surface area (Å²) in [6.07, 6.45) is 0.983. The maximum absolute atomic E-state index is 12.3. The van der Waals surface area contributed by atoms with Crippen molar-refractivity contribution in [2.45, 2.75) is 25.2 Å². The first-order chi connectivity index (χ1) is 9.92. The number of nitrogens with one attached hydrogen (secondary N) is 2. The SMILES string of the molecule is CCCNCCNS(=O)(=O)c1ccc(C)cc1C(=O)OC.Cl. The first-order valence-corrected chi connectivity index (χ1v) is 8.30. The minimum Gasteiger partial charge on any atom is -0.465 e. The zero-order chi connectivity index (χ0) is 15.9. The summed E-state index contributed by atoms with van der Waals surface area (Å²) in [6, 6.07) is 4.58. The zero-order valence-corrected chi connectivity index (χ0v) is 14.6. The molecule has 126 valence electrons. The van der Waals surface area contributed by atoms with Crippen LogP contribution in [0.5, 0.6) is 0 Å². The zero-order valence-electron chi connectivity index (χ0n) is 13.0. The lowest BCUT2D eigenvalue weighted by atomic mass is 10.1. The van der Waals surface area contributed by atoms with E-state index in [1.54, 1.807) is 13.0 Å². The second-order valence-corrected chi connectivity index (χ2v) is 6.37. The summed E-state index contributed by atoms with van der Waals surface area (Å²) in [6.45, 7) is 5.44. The van der Waals surface area contributed by atoms with Gasteiger partial charge in [-0.25, -0.2) is 17.9 Å². The van der Waals surface area contributed by atoms with Gasteiger partial charge in [0.15, 0.2) is 0 Å². The van der Waals surface area contributed by atoms with Crippen LogP contribution in [-0.4, -0.2) is 41.1 Å². The summed E-state index contributed by atoms with van der Waals surface area (Å²) in [4.78, 5) is 11.7. The molecular weight excluding hydrogens is 328 g/mol. The molecule has 0 saturated heterocycles. The summed E-state index contributed by atoms with van der Waals surface area (Å²) in [5.41, 5.74) is 0.838. The van der Waals surface area contributed by atoms with E-state index in [-0.39, 0.29) is 29.4 Å². The van der Waals surface area contributed by atoms with Gasteiger partial charge < -0.3 is 10.1 Å². The fraction of sp³-hybridized carbons (Fsp3) is 0.500. The lowest BCUT2D eigenvalue weighted by Crippen LogP contribution is -2.33. The largest absolute Gasteiger partial charge is 0.465 e. The standard InChI is InChI=1S/C14H22N2O4S.ClH/c1-4-7-15-8-9-16-21(18,19)13-6-5-11(2)10-12(13)14(17)20-3;/h5-6,10,15-16H,4,7-9H2,1-3H3;1H. The number of carbonyl (C=O) groups excluding carboxylic acids is 1. The number of carbonyl (C=O) groups is 1. The maximum atomic E-state index is 12.3. The molecule has 1 aromatic carbocycles. The molecule has 0 spiro atoms. The molecule has 0 fully saturated rings. The lowest BCUT2D eigenvalue weighted by Gasteiger charge is -2.11. The molecule has 8 heteroatoms. The van der Waals surface area contributed by atoms with Crippen LogP contribution < -0.4 is 10.0 Å². The normalized spacial score (nSPS) is 10.9. The number of rotatable bonds is 8. The molecule has 6 nitrogen and oxygen atoms in total. The topological polar surface area (TPSA) is 84.5 Å². The van der Waals surface area contributed by atoms with Gasteiger partial charge in [-0.3, -0.25) is 0 Å². The van der Waals surface area contributed by atoms with E-state index in [0.29, 0.717) is 6.54 Å². The highest BCUT2D eigenvalue weighted by molar-refractivity contribution is 7.89. The first kappa shape index (κ1) is 20.9. The van der Waals surface area contributed by atoms with Crippen LogP contribution in [0.4, 0.5) is 0 Å². The van der Waals surface area contributed by atoms with Crippen molar-refractivity contribution in [3.8, 4) is 0 Å². The highest BCUT2D eigenvalue weighted by Crippen LogP contribution is 2.18. The Labute approximate surface area is 138 Å². The fourth-order valence-corrected chi connectivity index (χ4v) is 3.01. The van der Waals surface area contributed by atoms with Crippen LogP contribution >= 0.6 is 12.4 Å². The van der Waals surface area contributed by atoms with E-state index in [4.69, 9.17) is 0 Å². The van der Waals surface area contributed by atoms with E-state index in [0.717, 1.165) is 18.5 Å². The Balaban J connectivity index is 0.00000441. The summed E-state index contributed by atoms with van der Waals surface area (Å²) in [5.74, 6) is -0.664. The van der Waals surface area contributed by atoms with Gasteiger partial charge in [0.2, 0.25) is 10.0 Å². The molecule has 0 aliphatic rings. The molecule has 1 aromatic rings. The van der Waals surface area contributed by atoms with Crippen LogP contribution in [0.15, 0.2) is 23.1 Å². The molecule has 0 heterocycles. The van der Waals surface area contributed by atoms with E-state index in [2.05, 4.69) is 14.8 Å². The number of benzene rings is 1. The van der Waals surface area contributed by atoms with Crippen LogP contribution in [0.25, 0.3) is 0 Å². The molecule has 2 N–H and O–H groups in total. The van der Waals surface area contributed by atoms with Crippen molar-refractivity contribution in [2.75, 3.05) is 26.7 Å². The summed E-state index contributed by atoms with van der Waals surface area (Å²) in [5, 5.41) is 3.10. The Bertz CT molecular complexity index is 591. The van der Waals surface area contributed by atoms with Gasteiger partial charge in [-0.05, 0) is 32.0 Å². The van der Waals surface area contributed by atoms with E-state index in [1.165, 1.54) is 19.2 Å². The number of ether oxygens (including phenoxy) is 1. The molecule has 0 aliphatic carbocycles. The molecule has 22 heavy (non-hydrogen) atoms. The predicted molar refractivity (Wildman–Crippen MR) is 88.1 cm³/mol. The number of aryl methyl sites for hydroxylation is 1. The quantitative estimate of drug-likeness (QED) is 0.548. The van der Waals surface area contributed by atoms with Crippen molar-refractivity contribution in [3.05, 3.63) is 29.3 Å². The number of hydrogen-bond donors (Lipinski definition) is 2. The predicted octanol–water partition coefficient (Wildman–Crippen LogP) is 1.48. The van der Waals surface area contributed by atoms with E-state index in [9.17, 15) is 13.2 Å². The first-order valence-electron chi connectivity index (χ1n) is 6.81. The van der Waals surface area contributed by atoms with Crippen LogP contribution in [0.1, 0.15) is 29.3 Å². The molecular formula is C14H23ClN2O4S. The number of esters is 1. The number of halogens is 1. The van der Waals surface area contributed by atoms with Crippen molar-refractivity contribution in [3.63, 3.8) is 0 Å². The third-order valence-corrected chi connectivity index (χ3v) is 4.37. The highest BCUT2D eigenvalue weighted by Gasteiger charge is 2.22. The second-order valence-electron chi connectivity index (χ2n) is 4.64. The summed E-state index contributed by atoms with van der Waals surface area (Å²) < 4.78 is 31.7. The Morgan fingerprint density at radius 2 is 1.91 bits per heavy atom. The molecule has 0 radical (unpaired) electrons. The van der Waals surface area contributed by atoms with Crippen LogP contribution in [0.2, 0.25) is 0 Å². The number of methoxy groups -OCH3 is 1.